The molecule has 0 radical (unpaired) electrons. The summed E-state index contributed by atoms with van der Waals surface area (Å²) in [5.74, 6) is -5.52. The SMILES string of the molecule is COC(=O)OCOc1c2n(ccc1=O)N([C@@H]1c3ccccc3SCc3c(F)cccc31)[C@@H]1COCC3(CC3)N1C2=O.COC(=O)OCOc1c2n(ccc1=O)N([C@@H]1c3ccccc3SCc3c1ccc(F)c3F)[C@@H]1COC3(CC3)CN1C2=O.COC(=O)OCOc1c2n(ccc1=O)N([C@@H]1c3ccccc3SCc3c1ccc(F)c3F)[C@@H]1COC3(COC3)CN1C2=O. The lowest BCUT2D eigenvalue weighted by Gasteiger charge is -2.57. The molecular formula is C87H76F5N9O22S3. The Kier molecular flexibility index (Phi) is 22.0. The number of hydrogen-bond donors (Lipinski definition) is 0. The van der Waals surface area contributed by atoms with Gasteiger partial charge in [-0.2, -0.15) is 0 Å². The second-order valence-electron chi connectivity index (χ2n) is 31.4. The van der Waals surface area contributed by atoms with Crippen LogP contribution in [0.5, 0.6) is 17.2 Å². The molecule has 31 nitrogen and oxygen atoms in total. The van der Waals surface area contributed by atoms with E-state index in [1.54, 1.807) is 49.3 Å². The van der Waals surface area contributed by atoms with Gasteiger partial charge in [0.15, 0.2) is 40.4 Å². The van der Waals surface area contributed by atoms with Crippen LogP contribution in [0, 0.1) is 29.1 Å². The van der Waals surface area contributed by atoms with Crippen LogP contribution >= 0.6 is 35.3 Å². The van der Waals surface area contributed by atoms with Gasteiger partial charge in [-0.3, -0.25) is 57.8 Å². The highest BCUT2D eigenvalue weighted by Gasteiger charge is 2.62. The first-order valence-electron chi connectivity index (χ1n) is 40.0. The van der Waals surface area contributed by atoms with Crippen molar-refractivity contribution >= 4 is 71.5 Å². The molecule has 39 heteroatoms. The molecule has 21 rings (SSSR count). The van der Waals surface area contributed by atoms with E-state index in [1.165, 1.54) is 75.7 Å². The minimum absolute atomic E-state index is 0.00252. The van der Waals surface area contributed by atoms with Crippen LogP contribution in [0.15, 0.2) is 181 Å². The standard InChI is InChI=1S/C29H25F2N3O8S.C29H25F2N3O7S.C29H26FN3O7S/c1-38-28(37)41-15-40-26-20(35)8-9-33-25(26)27(36)32-12-29(13-39-14-29)42-10-22(32)34(33)24-16-6-7-19(30)23(31)18(16)11-43-21-5-3-2-4-17(21)24;1-38-28(37)40-15-39-26-20(35)8-11-33-25(26)27(36)32-14-29(9-10-29)41-12-22(32)34(33)24-16-6-7-19(30)23(31)18(16)13-42-21-5-3-2-4-17(21)24;1-37-28(36)40-16-39-26-21(34)9-12-31-25(26)27(35)32-23(13-38-15-29(32)10-11-29)33(31)24-17-6-4-7-20(30)19(17)14-41-22-8-3-2-5-18(22)24/h2-9,22,24H,10-15H2,1H3;2-8,11,22,24H,9-10,12-15H2,1H3;2-9,12,23-24H,10-11,13-16H2,1H3/t2*22-,24+;23-,24+/m111/s1. The second kappa shape index (κ2) is 33.2. The summed E-state index contributed by atoms with van der Waals surface area (Å²) in [6, 6.07) is 35.2. The van der Waals surface area contributed by atoms with Gasteiger partial charge in [0, 0.05) is 85.4 Å². The van der Waals surface area contributed by atoms with E-state index in [1.807, 2.05) is 93.9 Å². The number of thioether (sulfide) groups is 3. The quantitative estimate of drug-likeness (QED) is 0.0475. The molecule has 654 valence electrons. The van der Waals surface area contributed by atoms with Gasteiger partial charge in [-0.05, 0) is 95.5 Å². The number of fused-ring (bicyclic) bond motifs is 13. The number of carbonyl (C=O) groups is 6. The Bertz CT molecular complexity index is 6150. The van der Waals surface area contributed by atoms with Crippen LogP contribution < -0.4 is 45.5 Å². The van der Waals surface area contributed by atoms with E-state index in [-0.39, 0.29) is 115 Å². The van der Waals surface area contributed by atoms with Crippen LogP contribution in [0.3, 0.4) is 0 Å². The zero-order valence-electron chi connectivity index (χ0n) is 67.2. The Labute approximate surface area is 725 Å². The van der Waals surface area contributed by atoms with Crippen molar-refractivity contribution < 1.29 is 112 Å². The molecule has 6 aromatic carbocycles. The number of pyridine rings is 3. The van der Waals surface area contributed by atoms with Gasteiger partial charge in [0.2, 0.25) is 53.9 Å². The first-order chi connectivity index (χ1) is 61.1. The van der Waals surface area contributed by atoms with E-state index in [2.05, 4.69) is 14.2 Å². The van der Waals surface area contributed by atoms with Crippen LogP contribution in [-0.2, 0) is 64.6 Å². The average molecular weight is 1790 g/mol. The summed E-state index contributed by atoms with van der Waals surface area (Å²) in [4.78, 5) is 124. The van der Waals surface area contributed by atoms with Crippen molar-refractivity contribution in [2.24, 2.45) is 0 Å². The van der Waals surface area contributed by atoms with Crippen molar-refractivity contribution in [3.05, 3.63) is 279 Å². The van der Waals surface area contributed by atoms with E-state index >= 15 is 13.2 Å². The fourth-order valence-corrected chi connectivity index (χ4v) is 21.4. The van der Waals surface area contributed by atoms with E-state index in [0.717, 1.165) is 96.1 Å². The highest BCUT2D eigenvalue weighted by molar-refractivity contribution is 7.99. The Morgan fingerprint density at radius 3 is 1.21 bits per heavy atom. The number of morpholine rings is 3. The number of ether oxygens (including phenoxy) is 13. The smallest absolute Gasteiger partial charge is 0.451 e. The van der Waals surface area contributed by atoms with Crippen LogP contribution in [-0.4, -0.2) is 195 Å². The van der Waals surface area contributed by atoms with Crippen LogP contribution in [0.1, 0.15) is 125 Å². The molecule has 3 amide bonds. The number of carbonyl (C=O) groups excluding carboxylic acids is 6. The Morgan fingerprint density at radius 1 is 0.405 bits per heavy atom. The average Bonchev–Trinajstić information content (AvgIpc) is 1.33. The Morgan fingerprint density at radius 2 is 0.794 bits per heavy atom. The van der Waals surface area contributed by atoms with E-state index in [9.17, 15) is 51.9 Å². The van der Waals surface area contributed by atoms with Gasteiger partial charge in [0.05, 0.1) is 103 Å². The molecule has 12 aliphatic rings. The summed E-state index contributed by atoms with van der Waals surface area (Å²) in [5, 5.41) is 5.68. The summed E-state index contributed by atoms with van der Waals surface area (Å²) < 4.78 is 149. The monoisotopic (exact) mass is 1790 g/mol. The number of methoxy groups -OCH3 is 3. The van der Waals surface area contributed by atoms with Crippen molar-refractivity contribution in [1.29, 1.82) is 0 Å². The highest BCUT2D eigenvalue weighted by atomic mass is 32.2. The maximum atomic E-state index is 15.4. The summed E-state index contributed by atoms with van der Waals surface area (Å²) in [6.45, 7) is -0.135. The number of nitrogens with zero attached hydrogens (tertiary/aromatic N) is 9. The van der Waals surface area contributed by atoms with Crippen LogP contribution in [0.25, 0.3) is 0 Å². The van der Waals surface area contributed by atoms with E-state index < -0.39 is 144 Å². The maximum absolute atomic E-state index is 15.4. The second-order valence-corrected chi connectivity index (χ2v) is 34.4. The third-order valence-electron chi connectivity index (χ3n) is 24.3. The van der Waals surface area contributed by atoms with Crippen LogP contribution in [0.2, 0.25) is 0 Å². The number of benzene rings is 6. The topological polar surface area (TPSA) is 308 Å². The summed E-state index contributed by atoms with van der Waals surface area (Å²) in [5.41, 5.74) is 1.66. The summed E-state index contributed by atoms with van der Waals surface area (Å²) in [6.07, 6.45) is 2.57. The minimum atomic E-state index is -1.03. The number of rotatable bonds is 12. The van der Waals surface area contributed by atoms with Gasteiger partial charge in [-0.25, -0.2) is 36.3 Å². The summed E-state index contributed by atoms with van der Waals surface area (Å²) >= 11 is 4.33. The van der Waals surface area contributed by atoms with Crippen molar-refractivity contribution in [2.45, 2.75) is 111 Å². The molecule has 2 aliphatic carbocycles. The highest BCUT2D eigenvalue weighted by Crippen LogP contribution is 2.54. The molecule has 6 fully saturated rings. The third kappa shape index (κ3) is 14.5. The fraction of sp³-hybridized carbons (Fsp3) is 0.345. The van der Waals surface area contributed by atoms with Crippen molar-refractivity contribution in [3.8, 4) is 17.2 Å². The Balaban J connectivity index is 0.000000123. The summed E-state index contributed by atoms with van der Waals surface area (Å²) in [7, 11) is 3.40. The number of amides is 3. The van der Waals surface area contributed by atoms with Gasteiger partial charge in [0.1, 0.15) is 29.9 Å². The van der Waals surface area contributed by atoms with Gasteiger partial charge < -0.3 is 76.3 Å². The van der Waals surface area contributed by atoms with Crippen LogP contribution in [0.4, 0.5) is 36.3 Å². The molecule has 3 aromatic heterocycles. The van der Waals surface area contributed by atoms with Gasteiger partial charge in [-0.1, -0.05) is 78.9 Å². The van der Waals surface area contributed by atoms with Gasteiger partial charge in [0.25, 0.3) is 17.7 Å². The Hall–Kier alpha value is -12.3. The van der Waals surface area contributed by atoms with Crippen molar-refractivity contribution in [3.63, 3.8) is 0 Å². The molecule has 126 heavy (non-hydrogen) atoms. The fourth-order valence-electron chi connectivity index (χ4n) is 18.0. The number of aromatic nitrogens is 3. The lowest BCUT2D eigenvalue weighted by molar-refractivity contribution is -0.245. The lowest BCUT2D eigenvalue weighted by Crippen LogP contribution is -2.73. The lowest BCUT2D eigenvalue weighted by atomic mass is 9.92. The molecule has 9 aromatic rings. The third-order valence-corrected chi connectivity index (χ3v) is 27.7. The first-order valence-corrected chi connectivity index (χ1v) is 42.9. The first kappa shape index (κ1) is 83.3. The van der Waals surface area contributed by atoms with Crippen molar-refractivity contribution in [2.75, 3.05) is 109 Å². The molecule has 13 heterocycles. The predicted octanol–water partition coefficient (Wildman–Crippen LogP) is 10.9. The molecule has 0 bridgehead atoms. The molecule has 3 spiro atoms. The van der Waals surface area contributed by atoms with Gasteiger partial charge >= 0.3 is 18.5 Å². The zero-order chi connectivity index (χ0) is 87.4. The number of hydrogen-bond acceptors (Lipinski definition) is 28. The molecule has 10 aliphatic heterocycles. The zero-order valence-corrected chi connectivity index (χ0v) is 69.7. The largest absolute Gasteiger partial charge is 0.510 e. The molecule has 4 saturated heterocycles. The van der Waals surface area contributed by atoms with Gasteiger partial charge in [-0.15, -0.1) is 35.3 Å². The normalized spacial score (nSPS) is 21.5. The van der Waals surface area contributed by atoms with E-state index in [4.69, 9.17) is 47.4 Å². The molecule has 0 N–H and O–H groups in total. The maximum Gasteiger partial charge on any atom is 0.510 e. The van der Waals surface area contributed by atoms with Crippen molar-refractivity contribution in [1.82, 2.24) is 28.7 Å². The minimum Gasteiger partial charge on any atom is -0.451 e. The predicted molar refractivity (Wildman–Crippen MR) is 436 cm³/mol. The molecule has 6 atom stereocenters. The molecular weight excluding hydrogens is 1710 g/mol. The number of halogens is 5. The molecule has 0 unspecified atom stereocenters. The molecule has 2 saturated carbocycles. The van der Waals surface area contributed by atoms with E-state index in [0.29, 0.717) is 29.1 Å².